The lowest BCUT2D eigenvalue weighted by Crippen LogP contribution is -2.13. The summed E-state index contributed by atoms with van der Waals surface area (Å²) in [4.78, 5) is 10.5. The van der Waals surface area contributed by atoms with Gasteiger partial charge in [0.25, 0.3) is 5.91 Å². The molecule has 2 rings (SSSR count). The molecule has 1 aromatic rings. The number of hydrogen-bond donors (Lipinski definition) is 1. The normalized spacial score (nSPS) is 24.2. The molecule has 2 N–H and O–H groups in total. The summed E-state index contributed by atoms with van der Waals surface area (Å²) in [6.45, 7) is 1.94. The van der Waals surface area contributed by atoms with Crippen LogP contribution in [-0.4, -0.2) is 10.8 Å². The number of furan rings is 1. The standard InChI is InChI=1S/C12H12ClNO2/c1-12(13)6-4-8(5-7-12)9-2-3-10(16-9)11(14)15/h2-6H,7H2,1H3,(H2,14,15). The van der Waals surface area contributed by atoms with Gasteiger partial charge in [0.05, 0.1) is 4.87 Å². The van der Waals surface area contributed by atoms with Gasteiger partial charge in [0.1, 0.15) is 5.76 Å². The van der Waals surface area contributed by atoms with Crippen molar-refractivity contribution in [2.75, 3.05) is 0 Å². The number of alkyl halides is 1. The largest absolute Gasteiger partial charge is 0.451 e. The van der Waals surface area contributed by atoms with Crippen LogP contribution in [-0.2, 0) is 0 Å². The van der Waals surface area contributed by atoms with Gasteiger partial charge in [-0.15, -0.1) is 11.6 Å². The molecule has 1 atom stereocenters. The van der Waals surface area contributed by atoms with E-state index in [1.165, 1.54) is 0 Å². The third-order valence-corrected chi connectivity index (χ3v) is 2.75. The van der Waals surface area contributed by atoms with Crippen molar-refractivity contribution in [1.82, 2.24) is 0 Å². The van der Waals surface area contributed by atoms with E-state index in [9.17, 15) is 4.79 Å². The predicted molar refractivity (Wildman–Crippen MR) is 63.2 cm³/mol. The lowest BCUT2D eigenvalue weighted by atomic mass is 9.96. The van der Waals surface area contributed by atoms with E-state index < -0.39 is 5.91 Å². The van der Waals surface area contributed by atoms with E-state index in [0.29, 0.717) is 5.76 Å². The SMILES string of the molecule is CC1(Cl)C=CC(c2ccc(C(N)=O)o2)=CC1. The van der Waals surface area contributed by atoms with Gasteiger partial charge < -0.3 is 10.2 Å². The second-order valence-electron chi connectivity index (χ2n) is 4.00. The van der Waals surface area contributed by atoms with E-state index >= 15 is 0 Å². The van der Waals surface area contributed by atoms with Gasteiger partial charge >= 0.3 is 0 Å². The number of amides is 1. The monoisotopic (exact) mass is 237 g/mol. The maximum Gasteiger partial charge on any atom is 0.284 e. The highest BCUT2D eigenvalue weighted by Crippen LogP contribution is 2.31. The van der Waals surface area contributed by atoms with E-state index in [2.05, 4.69) is 0 Å². The van der Waals surface area contributed by atoms with E-state index in [4.69, 9.17) is 21.8 Å². The van der Waals surface area contributed by atoms with E-state index in [1.807, 2.05) is 25.2 Å². The molecule has 0 spiro atoms. The molecule has 0 fully saturated rings. The number of halogens is 1. The van der Waals surface area contributed by atoms with E-state index in [-0.39, 0.29) is 10.6 Å². The molecule has 1 aliphatic rings. The summed E-state index contributed by atoms with van der Waals surface area (Å²) in [5.41, 5.74) is 6.03. The number of primary amides is 1. The lowest BCUT2D eigenvalue weighted by Gasteiger charge is -2.19. The first-order chi connectivity index (χ1) is 7.48. The third-order valence-electron chi connectivity index (χ3n) is 2.46. The Kier molecular flexibility index (Phi) is 2.64. The van der Waals surface area contributed by atoms with Gasteiger partial charge in [-0.3, -0.25) is 4.79 Å². The minimum atomic E-state index is -0.561. The third kappa shape index (κ3) is 2.19. The maximum atomic E-state index is 10.9. The van der Waals surface area contributed by atoms with Crippen molar-refractivity contribution in [3.8, 4) is 0 Å². The smallest absolute Gasteiger partial charge is 0.284 e. The number of allylic oxidation sites excluding steroid dienone is 4. The molecular weight excluding hydrogens is 226 g/mol. The molecule has 0 radical (unpaired) electrons. The van der Waals surface area contributed by atoms with Gasteiger partial charge in [0.15, 0.2) is 5.76 Å². The van der Waals surface area contributed by atoms with Crippen molar-refractivity contribution < 1.29 is 9.21 Å². The highest BCUT2D eigenvalue weighted by Gasteiger charge is 2.20. The fraction of sp³-hybridized carbons (Fsp3) is 0.250. The van der Waals surface area contributed by atoms with Crippen LogP contribution < -0.4 is 5.73 Å². The zero-order valence-electron chi connectivity index (χ0n) is 8.87. The fourth-order valence-corrected chi connectivity index (χ4v) is 1.66. The van der Waals surface area contributed by atoms with Gasteiger partial charge in [0, 0.05) is 5.57 Å². The minimum Gasteiger partial charge on any atom is -0.451 e. The van der Waals surface area contributed by atoms with Crippen LogP contribution in [0.15, 0.2) is 34.8 Å². The molecule has 4 heteroatoms. The van der Waals surface area contributed by atoms with Crippen molar-refractivity contribution in [2.45, 2.75) is 18.2 Å². The second kappa shape index (κ2) is 3.83. The minimum absolute atomic E-state index is 0.170. The summed E-state index contributed by atoms with van der Waals surface area (Å²) < 4.78 is 5.32. The first kappa shape index (κ1) is 11.0. The maximum absolute atomic E-state index is 10.9. The number of hydrogen-bond acceptors (Lipinski definition) is 2. The van der Waals surface area contributed by atoms with Gasteiger partial charge in [-0.1, -0.05) is 18.2 Å². The molecule has 16 heavy (non-hydrogen) atoms. The highest BCUT2D eigenvalue weighted by molar-refractivity contribution is 6.25. The average molecular weight is 238 g/mol. The Balaban J connectivity index is 2.24. The van der Waals surface area contributed by atoms with Crippen LogP contribution in [0.25, 0.3) is 5.57 Å². The summed E-state index contributed by atoms with van der Waals surface area (Å²) in [6.07, 6.45) is 6.51. The number of nitrogens with two attached hydrogens (primary N) is 1. The molecule has 0 saturated carbocycles. The summed E-state index contributed by atoms with van der Waals surface area (Å²) in [6, 6.07) is 3.30. The van der Waals surface area contributed by atoms with Crippen LogP contribution in [0, 0.1) is 0 Å². The number of rotatable bonds is 2. The van der Waals surface area contributed by atoms with Crippen LogP contribution >= 0.6 is 11.6 Å². The van der Waals surface area contributed by atoms with Crippen molar-refractivity contribution in [3.63, 3.8) is 0 Å². The molecule has 1 aliphatic carbocycles. The molecule has 1 aromatic heterocycles. The molecule has 0 saturated heterocycles. The molecule has 84 valence electrons. The predicted octanol–water partition coefficient (Wildman–Crippen LogP) is 2.72. The lowest BCUT2D eigenvalue weighted by molar-refractivity contribution is 0.0973. The zero-order chi connectivity index (χ0) is 11.8. The first-order valence-corrected chi connectivity index (χ1v) is 5.34. The molecule has 0 bridgehead atoms. The van der Waals surface area contributed by atoms with Crippen LogP contribution in [0.1, 0.15) is 29.7 Å². The fourth-order valence-electron chi connectivity index (χ4n) is 1.52. The van der Waals surface area contributed by atoms with Crippen molar-refractivity contribution in [2.24, 2.45) is 5.73 Å². The Morgan fingerprint density at radius 2 is 2.31 bits per heavy atom. The van der Waals surface area contributed by atoms with E-state index in [1.54, 1.807) is 12.1 Å². The Labute approximate surface area is 98.6 Å². The Morgan fingerprint density at radius 1 is 1.56 bits per heavy atom. The van der Waals surface area contributed by atoms with Gasteiger partial charge in [0.2, 0.25) is 0 Å². The summed E-state index contributed by atoms with van der Waals surface area (Å²) in [5, 5.41) is 0. The molecule has 1 heterocycles. The number of carbonyl (C=O) groups excluding carboxylic acids is 1. The molecule has 0 aromatic carbocycles. The Hall–Kier alpha value is -1.48. The summed E-state index contributed by atoms with van der Waals surface area (Å²) in [7, 11) is 0. The van der Waals surface area contributed by atoms with Crippen molar-refractivity contribution in [3.05, 3.63) is 41.9 Å². The van der Waals surface area contributed by atoms with Crippen LogP contribution in [0.2, 0.25) is 0 Å². The summed E-state index contributed by atoms with van der Waals surface area (Å²) >= 11 is 6.14. The molecule has 0 aliphatic heterocycles. The van der Waals surface area contributed by atoms with Crippen molar-refractivity contribution in [1.29, 1.82) is 0 Å². The topological polar surface area (TPSA) is 56.2 Å². The second-order valence-corrected chi connectivity index (χ2v) is 4.87. The van der Waals surface area contributed by atoms with Crippen LogP contribution in [0.5, 0.6) is 0 Å². The van der Waals surface area contributed by atoms with Crippen molar-refractivity contribution >= 4 is 23.1 Å². The zero-order valence-corrected chi connectivity index (χ0v) is 9.62. The molecular formula is C12H12ClNO2. The van der Waals surface area contributed by atoms with Gasteiger partial charge in [-0.2, -0.15) is 0 Å². The average Bonchev–Trinajstić information content (AvgIpc) is 2.66. The summed E-state index contributed by atoms with van der Waals surface area (Å²) in [5.74, 6) is 0.245. The quantitative estimate of drug-likeness (QED) is 0.804. The number of carbonyl (C=O) groups is 1. The van der Waals surface area contributed by atoms with E-state index in [0.717, 1.165) is 12.0 Å². The molecule has 1 amide bonds. The Bertz CT molecular complexity index is 483. The first-order valence-electron chi connectivity index (χ1n) is 4.96. The van der Waals surface area contributed by atoms with Gasteiger partial charge in [-0.05, 0) is 25.5 Å². The molecule has 3 nitrogen and oxygen atoms in total. The molecule has 1 unspecified atom stereocenters. The Morgan fingerprint density at radius 3 is 2.81 bits per heavy atom. The van der Waals surface area contributed by atoms with Gasteiger partial charge in [-0.25, -0.2) is 0 Å². The van der Waals surface area contributed by atoms with Crippen LogP contribution in [0.3, 0.4) is 0 Å². The van der Waals surface area contributed by atoms with Crippen LogP contribution in [0.4, 0.5) is 0 Å². The highest BCUT2D eigenvalue weighted by atomic mass is 35.5.